The molecule has 1 aromatic heterocycles. The van der Waals surface area contributed by atoms with E-state index >= 15 is 0 Å². The first-order valence-electron chi connectivity index (χ1n) is 5.75. The maximum absolute atomic E-state index is 5.70. The SMILES string of the molecule is COc1c(N)nsc1NCC1CCCC1C. The second kappa shape index (κ2) is 4.91. The monoisotopic (exact) mass is 241 g/mol. The summed E-state index contributed by atoms with van der Waals surface area (Å²) in [5.41, 5.74) is 5.70. The lowest BCUT2D eigenvalue weighted by molar-refractivity contribution is 0.416. The average molecular weight is 241 g/mol. The Morgan fingerprint density at radius 1 is 1.56 bits per heavy atom. The van der Waals surface area contributed by atoms with Crippen LogP contribution >= 0.6 is 11.5 Å². The molecule has 0 bridgehead atoms. The van der Waals surface area contributed by atoms with Gasteiger partial charge in [0.1, 0.15) is 0 Å². The molecule has 5 heteroatoms. The van der Waals surface area contributed by atoms with E-state index in [1.807, 2.05) is 0 Å². The van der Waals surface area contributed by atoms with Crippen LogP contribution in [0, 0.1) is 11.8 Å². The number of methoxy groups -OCH3 is 1. The van der Waals surface area contributed by atoms with Gasteiger partial charge in [-0.25, -0.2) is 0 Å². The number of nitrogens with two attached hydrogens (primary N) is 1. The van der Waals surface area contributed by atoms with Gasteiger partial charge in [0.05, 0.1) is 7.11 Å². The minimum atomic E-state index is 0.481. The van der Waals surface area contributed by atoms with Crippen LogP contribution in [-0.4, -0.2) is 18.0 Å². The highest BCUT2D eigenvalue weighted by molar-refractivity contribution is 7.11. The summed E-state index contributed by atoms with van der Waals surface area (Å²) in [6.07, 6.45) is 4.04. The van der Waals surface area contributed by atoms with E-state index in [0.29, 0.717) is 11.6 Å². The van der Waals surface area contributed by atoms with E-state index in [-0.39, 0.29) is 0 Å². The molecule has 1 saturated carbocycles. The minimum Gasteiger partial charge on any atom is -0.490 e. The molecule has 4 nitrogen and oxygen atoms in total. The number of anilines is 2. The van der Waals surface area contributed by atoms with Crippen molar-refractivity contribution < 1.29 is 4.74 Å². The minimum absolute atomic E-state index is 0.481. The van der Waals surface area contributed by atoms with Crippen LogP contribution in [0.15, 0.2) is 0 Å². The smallest absolute Gasteiger partial charge is 0.197 e. The quantitative estimate of drug-likeness (QED) is 0.850. The Balaban J connectivity index is 1.94. The van der Waals surface area contributed by atoms with E-state index in [4.69, 9.17) is 10.5 Å². The molecule has 2 unspecified atom stereocenters. The first kappa shape index (κ1) is 11.5. The highest BCUT2D eigenvalue weighted by atomic mass is 32.1. The summed E-state index contributed by atoms with van der Waals surface area (Å²) in [6, 6.07) is 0. The van der Waals surface area contributed by atoms with Crippen molar-refractivity contribution in [3.05, 3.63) is 0 Å². The van der Waals surface area contributed by atoms with Gasteiger partial charge >= 0.3 is 0 Å². The molecule has 2 atom stereocenters. The summed E-state index contributed by atoms with van der Waals surface area (Å²) >= 11 is 1.37. The number of aromatic nitrogens is 1. The maximum atomic E-state index is 5.70. The van der Waals surface area contributed by atoms with Gasteiger partial charge in [-0.3, -0.25) is 0 Å². The fraction of sp³-hybridized carbons (Fsp3) is 0.727. The van der Waals surface area contributed by atoms with E-state index in [9.17, 15) is 0 Å². The molecule has 16 heavy (non-hydrogen) atoms. The number of nitrogens with zero attached hydrogens (tertiary/aromatic N) is 1. The summed E-state index contributed by atoms with van der Waals surface area (Å²) in [5, 5.41) is 4.37. The molecular weight excluding hydrogens is 222 g/mol. The third-order valence-corrected chi connectivity index (χ3v) is 4.24. The van der Waals surface area contributed by atoms with Gasteiger partial charge in [0.2, 0.25) is 0 Å². The Kier molecular flexibility index (Phi) is 3.53. The molecule has 1 aliphatic rings. The fourth-order valence-electron chi connectivity index (χ4n) is 2.35. The molecule has 1 heterocycles. The zero-order chi connectivity index (χ0) is 11.5. The third-order valence-electron chi connectivity index (χ3n) is 3.44. The topological polar surface area (TPSA) is 60.2 Å². The van der Waals surface area contributed by atoms with Crippen LogP contribution in [0.2, 0.25) is 0 Å². The molecule has 90 valence electrons. The van der Waals surface area contributed by atoms with E-state index in [1.165, 1.54) is 30.8 Å². The number of ether oxygens (including phenoxy) is 1. The normalized spacial score (nSPS) is 24.6. The lowest BCUT2D eigenvalue weighted by atomic mass is 9.98. The molecule has 1 aromatic rings. The lowest BCUT2D eigenvalue weighted by Gasteiger charge is -2.16. The highest BCUT2D eigenvalue weighted by Gasteiger charge is 2.23. The Morgan fingerprint density at radius 3 is 3.00 bits per heavy atom. The summed E-state index contributed by atoms with van der Waals surface area (Å²) < 4.78 is 9.30. The van der Waals surface area contributed by atoms with Crippen LogP contribution < -0.4 is 15.8 Å². The number of nitrogen functional groups attached to an aromatic ring is 1. The average Bonchev–Trinajstić information content (AvgIpc) is 2.82. The summed E-state index contributed by atoms with van der Waals surface area (Å²) in [4.78, 5) is 0. The van der Waals surface area contributed by atoms with Gasteiger partial charge in [-0.05, 0) is 29.8 Å². The van der Waals surface area contributed by atoms with E-state index in [2.05, 4.69) is 16.6 Å². The molecule has 0 aromatic carbocycles. The van der Waals surface area contributed by atoms with Crippen molar-refractivity contribution in [3.63, 3.8) is 0 Å². The first-order chi connectivity index (χ1) is 7.72. The summed E-state index contributed by atoms with van der Waals surface area (Å²) in [6.45, 7) is 3.33. The van der Waals surface area contributed by atoms with Gasteiger partial charge in [-0.15, -0.1) is 0 Å². The molecular formula is C11H19N3OS. The van der Waals surface area contributed by atoms with Gasteiger partial charge in [0.15, 0.2) is 16.6 Å². The molecule has 1 fully saturated rings. The molecule has 0 radical (unpaired) electrons. The van der Waals surface area contributed by atoms with Crippen molar-refractivity contribution >= 4 is 22.4 Å². The number of hydrogen-bond donors (Lipinski definition) is 2. The largest absolute Gasteiger partial charge is 0.490 e. The Labute approximate surface area is 100 Å². The van der Waals surface area contributed by atoms with Gasteiger partial charge in [0.25, 0.3) is 0 Å². The van der Waals surface area contributed by atoms with Gasteiger partial charge < -0.3 is 15.8 Å². The predicted molar refractivity (Wildman–Crippen MR) is 68.1 cm³/mol. The highest BCUT2D eigenvalue weighted by Crippen LogP contribution is 2.36. The standard InChI is InChI=1S/C11H19N3OS/c1-7-4-3-5-8(7)6-13-11-9(15-2)10(12)14-16-11/h7-8,13H,3-6H2,1-2H3,(H2,12,14). The molecule has 0 spiro atoms. The van der Waals surface area contributed by atoms with Crippen LogP contribution in [0.5, 0.6) is 5.75 Å². The van der Waals surface area contributed by atoms with Crippen LogP contribution in [0.4, 0.5) is 10.8 Å². The fourth-order valence-corrected chi connectivity index (χ4v) is 3.04. The molecule has 2 rings (SSSR count). The van der Waals surface area contributed by atoms with Gasteiger partial charge in [-0.2, -0.15) is 4.37 Å². The second-order valence-corrected chi connectivity index (χ2v) is 5.25. The van der Waals surface area contributed by atoms with Crippen molar-refractivity contribution in [2.24, 2.45) is 11.8 Å². The van der Waals surface area contributed by atoms with E-state index in [0.717, 1.165) is 23.4 Å². The van der Waals surface area contributed by atoms with Crippen molar-refractivity contribution in [2.45, 2.75) is 26.2 Å². The Morgan fingerprint density at radius 2 is 2.38 bits per heavy atom. The van der Waals surface area contributed by atoms with Crippen LogP contribution in [0.25, 0.3) is 0 Å². The zero-order valence-electron chi connectivity index (χ0n) is 9.82. The maximum Gasteiger partial charge on any atom is 0.197 e. The Hall–Kier alpha value is -0.970. The predicted octanol–water partition coefficient (Wildman–Crippen LogP) is 2.58. The molecule has 0 saturated heterocycles. The zero-order valence-corrected chi connectivity index (χ0v) is 10.6. The van der Waals surface area contributed by atoms with Crippen LogP contribution in [0.3, 0.4) is 0 Å². The molecule has 1 aliphatic carbocycles. The van der Waals surface area contributed by atoms with Crippen LogP contribution in [0.1, 0.15) is 26.2 Å². The van der Waals surface area contributed by atoms with E-state index in [1.54, 1.807) is 7.11 Å². The van der Waals surface area contributed by atoms with E-state index < -0.39 is 0 Å². The summed E-state index contributed by atoms with van der Waals surface area (Å²) in [7, 11) is 1.63. The molecule has 3 N–H and O–H groups in total. The molecule has 0 aliphatic heterocycles. The number of hydrogen-bond acceptors (Lipinski definition) is 5. The summed E-state index contributed by atoms with van der Waals surface area (Å²) in [5.74, 6) is 2.77. The lowest BCUT2D eigenvalue weighted by Crippen LogP contribution is -2.16. The van der Waals surface area contributed by atoms with Crippen LogP contribution in [-0.2, 0) is 0 Å². The third kappa shape index (κ3) is 2.24. The van der Waals surface area contributed by atoms with Crippen molar-refractivity contribution in [1.82, 2.24) is 4.37 Å². The van der Waals surface area contributed by atoms with Crippen molar-refractivity contribution in [1.29, 1.82) is 0 Å². The number of nitrogens with one attached hydrogen (secondary N) is 1. The first-order valence-corrected chi connectivity index (χ1v) is 6.52. The van der Waals surface area contributed by atoms with Gasteiger partial charge in [-0.1, -0.05) is 19.8 Å². The second-order valence-electron chi connectivity index (χ2n) is 4.48. The molecule has 0 amide bonds. The van der Waals surface area contributed by atoms with Gasteiger partial charge in [0, 0.05) is 6.54 Å². The Bertz CT molecular complexity index is 353. The van der Waals surface area contributed by atoms with Crippen molar-refractivity contribution in [2.75, 3.05) is 24.7 Å². The number of rotatable bonds is 4. The van der Waals surface area contributed by atoms with Crippen molar-refractivity contribution in [3.8, 4) is 5.75 Å².